The van der Waals surface area contributed by atoms with Gasteiger partial charge in [-0.05, 0) is 75.2 Å². The summed E-state index contributed by atoms with van der Waals surface area (Å²) >= 11 is 0. The number of nitrogens with one attached hydrogen (secondary N) is 1. The first-order valence-electron chi connectivity index (χ1n) is 9.39. The van der Waals surface area contributed by atoms with Crippen LogP contribution in [0.2, 0.25) is 0 Å². The molecule has 3 aliphatic carbocycles. The van der Waals surface area contributed by atoms with E-state index in [1.165, 1.54) is 43.5 Å². The molecular weight excluding hydrogens is 284 g/mol. The Morgan fingerprint density at radius 3 is 3.04 bits per heavy atom. The number of fused-ring (bicyclic) bond motifs is 2. The van der Waals surface area contributed by atoms with E-state index in [1.54, 1.807) is 0 Å². The Kier molecular flexibility index (Phi) is 4.14. The van der Waals surface area contributed by atoms with Gasteiger partial charge in [-0.25, -0.2) is 0 Å². The maximum atomic E-state index is 12.7. The molecule has 1 aliphatic heterocycles. The van der Waals surface area contributed by atoms with Crippen LogP contribution in [0.3, 0.4) is 0 Å². The van der Waals surface area contributed by atoms with E-state index in [4.69, 9.17) is 0 Å². The summed E-state index contributed by atoms with van der Waals surface area (Å²) in [5.74, 6) is 0.706. The molecule has 0 bridgehead atoms. The number of hydrogen-bond acceptors (Lipinski definition) is 2. The highest BCUT2D eigenvalue weighted by molar-refractivity contribution is 5.90. The average Bonchev–Trinajstić information content (AvgIpc) is 3.31. The first-order valence-corrected chi connectivity index (χ1v) is 9.39. The summed E-state index contributed by atoms with van der Waals surface area (Å²) in [6, 6.07) is 0. The first-order chi connectivity index (χ1) is 11.3. The minimum absolute atomic E-state index is 0.217. The molecule has 2 atom stereocenters. The molecule has 1 saturated heterocycles. The maximum absolute atomic E-state index is 12.7. The lowest BCUT2D eigenvalue weighted by molar-refractivity contribution is -0.125. The standard InChI is InChI=1S/C20H28N2O/c23-19(21-9-6-12-22-10-4-1-5-11-22)20-14-17-8-3-2-7-16(17)13-18(20)15-20/h3,8,13-14,18H,1-2,4-7,9-12,15H2,(H,21,23). The van der Waals surface area contributed by atoms with E-state index >= 15 is 0 Å². The molecular formula is C20H28N2O. The van der Waals surface area contributed by atoms with Gasteiger partial charge in [-0.3, -0.25) is 4.79 Å². The van der Waals surface area contributed by atoms with Crippen LogP contribution in [0.4, 0.5) is 0 Å². The van der Waals surface area contributed by atoms with Crippen molar-refractivity contribution in [1.82, 2.24) is 10.2 Å². The van der Waals surface area contributed by atoms with E-state index < -0.39 is 0 Å². The number of allylic oxidation sites excluding steroid dienone is 5. The Morgan fingerprint density at radius 2 is 2.17 bits per heavy atom. The third-order valence-electron chi connectivity index (χ3n) is 5.93. The summed E-state index contributed by atoms with van der Waals surface area (Å²) in [4.78, 5) is 15.2. The zero-order chi connectivity index (χ0) is 15.7. The number of nitrogens with zero attached hydrogens (tertiary/aromatic N) is 1. The lowest BCUT2D eigenvalue weighted by atomic mass is 9.84. The highest BCUT2D eigenvalue weighted by Gasteiger charge is 2.58. The second-order valence-corrected chi connectivity index (χ2v) is 7.60. The smallest absolute Gasteiger partial charge is 0.230 e. The number of hydrogen-bond donors (Lipinski definition) is 1. The summed E-state index contributed by atoms with van der Waals surface area (Å²) in [5.41, 5.74) is 2.54. The van der Waals surface area contributed by atoms with Gasteiger partial charge in [-0.15, -0.1) is 0 Å². The molecule has 3 nitrogen and oxygen atoms in total. The second-order valence-electron chi connectivity index (χ2n) is 7.60. The summed E-state index contributed by atoms with van der Waals surface area (Å²) in [5, 5.41) is 3.21. The van der Waals surface area contributed by atoms with Gasteiger partial charge in [-0.2, -0.15) is 0 Å². The van der Waals surface area contributed by atoms with E-state index in [1.807, 2.05) is 0 Å². The molecule has 0 aromatic carbocycles. The van der Waals surface area contributed by atoms with Crippen LogP contribution in [0.15, 0.2) is 35.5 Å². The van der Waals surface area contributed by atoms with Crippen LogP contribution in [0.5, 0.6) is 0 Å². The molecule has 2 unspecified atom stereocenters. The molecule has 0 aromatic heterocycles. The van der Waals surface area contributed by atoms with Crippen molar-refractivity contribution in [1.29, 1.82) is 0 Å². The Morgan fingerprint density at radius 1 is 1.30 bits per heavy atom. The lowest BCUT2D eigenvalue weighted by Crippen LogP contribution is -2.36. The number of piperidine rings is 1. The van der Waals surface area contributed by atoms with Crippen molar-refractivity contribution in [2.45, 2.75) is 44.9 Å². The fourth-order valence-electron chi connectivity index (χ4n) is 4.40. The molecule has 124 valence electrons. The van der Waals surface area contributed by atoms with E-state index in [0.29, 0.717) is 5.92 Å². The fraction of sp³-hybridized carbons (Fsp3) is 0.650. The minimum atomic E-state index is -0.217. The van der Waals surface area contributed by atoms with Crippen molar-refractivity contribution >= 4 is 5.91 Å². The van der Waals surface area contributed by atoms with Gasteiger partial charge in [-0.1, -0.05) is 30.7 Å². The Labute approximate surface area is 139 Å². The molecule has 0 radical (unpaired) electrons. The molecule has 0 aromatic rings. The molecule has 1 heterocycles. The highest BCUT2D eigenvalue weighted by Crippen LogP contribution is 2.59. The largest absolute Gasteiger partial charge is 0.355 e. The SMILES string of the molecule is O=C(NCCCN1CCCCC1)C12C=C3C=CCCC3=CC1C2. The first kappa shape index (κ1) is 15.2. The van der Waals surface area contributed by atoms with E-state index in [-0.39, 0.29) is 11.3 Å². The van der Waals surface area contributed by atoms with Crippen molar-refractivity contribution in [3.05, 3.63) is 35.5 Å². The molecule has 1 N–H and O–H groups in total. The zero-order valence-corrected chi connectivity index (χ0v) is 14.0. The molecule has 0 spiro atoms. The van der Waals surface area contributed by atoms with Gasteiger partial charge < -0.3 is 10.2 Å². The Hall–Kier alpha value is -1.35. The number of amides is 1. The van der Waals surface area contributed by atoms with Gasteiger partial charge in [0.15, 0.2) is 0 Å². The van der Waals surface area contributed by atoms with Gasteiger partial charge in [0, 0.05) is 6.54 Å². The van der Waals surface area contributed by atoms with Crippen LogP contribution in [-0.2, 0) is 4.79 Å². The average molecular weight is 312 g/mol. The fourth-order valence-corrected chi connectivity index (χ4v) is 4.40. The van der Waals surface area contributed by atoms with Crippen LogP contribution in [0, 0.1) is 11.3 Å². The molecule has 4 rings (SSSR count). The van der Waals surface area contributed by atoms with Crippen LogP contribution in [0.25, 0.3) is 0 Å². The number of rotatable bonds is 5. The third kappa shape index (κ3) is 3.03. The van der Waals surface area contributed by atoms with Crippen LogP contribution >= 0.6 is 0 Å². The molecule has 2 fully saturated rings. The molecule has 23 heavy (non-hydrogen) atoms. The second kappa shape index (κ2) is 6.27. The molecule has 3 heteroatoms. The third-order valence-corrected chi connectivity index (χ3v) is 5.93. The van der Waals surface area contributed by atoms with Crippen LogP contribution in [-0.4, -0.2) is 37.0 Å². The van der Waals surface area contributed by atoms with Gasteiger partial charge >= 0.3 is 0 Å². The summed E-state index contributed by atoms with van der Waals surface area (Å²) < 4.78 is 0. The molecule has 4 aliphatic rings. The summed E-state index contributed by atoms with van der Waals surface area (Å²) in [6.45, 7) is 4.43. The monoisotopic (exact) mass is 312 g/mol. The minimum Gasteiger partial charge on any atom is -0.355 e. The van der Waals surface area contributed by atoms with Gasteiger partial charge in [0.25, 0.3) is 0 Å². The van der Waals surface area contributed by atoms with Crippen molar-refractivity contribution in [3.8, 4) is 0 Å². The summed E-state index contributed by atoms with van der Waals surface area (Å²) in [7, 11) is 0. The predicted molar refractivity (Wildman–Crippen MR) is 93.0 cm³/mol. The molecule has 1 saturated carbocycles. The van der Waals surface area contributed by atoms with Crippen LogP contribution in [0.1, 0.15) is 44.9 Å². The van der Waals surface area contributed by atoms with Crippen molar-refractivity contribution in [3.63, 3.8) is 0 Å². The Balaban J connectivity index is 1.27. The topological polar surface area (TPSA) is 32.3 Å². The van der Waals surface area contributed by atoms with Crippen molar-refractivity contribution < 1.29 is 4.79 Å². The summed E-state index contributed by atoms with van der Waals surface area (Å²) in [6.07, 6.45) is 17.5. The van der Waals surface area contributed by atoms with Crippen molar-refractivity contribution in [2.75, 3.05) is 26.2 Å². The van der Waals surface area contributed by atoms with Crippen LogP contribution < -0.4 is 5.32 Å². The van der Waals surface area contributed by atoms with Gasteiger partial charge in [0.1, 0.15) is 0 Å². The highest BCUT2D eigenvalue weighted by atomic mass is 16.2. The maximum Gasteiger partial charge on any atom is 0.230 e. The van der Waals surface area contributed by atoms with E-state index in [2.05, 4.69) is 34.5 Å². The van der Waals surface area contributed by atoms with E-state index in [0.717, 1.165) is 38.8 Å². The van der Waals surface area contributed by atoms with Gasteiger partial charge in [0.2, 0.25) is 5.91 Å². The number of carbonyl (C=O) groups is 1. The predicted octanol–water partition coefficient (Wildman–Crippen LogP) is 3.20. The number of carbonyl (C=O) groups excluding carboxylic acids is 1. The van der Waals surface area contributed by atoms with Crippen molar-refractivity contribution in [2.24, 2.45) is 11.3 Å². The quantitative estimate of drug-likeness (QED) is 0.791. The van der Waals surface area contributed by atoms with E-state index in [9.17, 15) is 4.79 Å². The molecule has 1 amide bonds. The number of likely N-dealkylation sites (tertiary alicyclic amines) is 1. The van der Waals surface area contributed by atoms with Gasteiger partial charge in [0.05, 0.1) is 5.41 Å². The lowest BCUT2D eigenvalue weighted by Gasteiger charge is -2.26. The normalized spacial score (nSPS) is 32.4. The Bertz CT molecular complexity index is 568. The zero-order valence-electron chi connectivity index (χ0n) is 14.0.